The quantitative estimate of drug-likeness (QED) is 0.720. The lowest BCUT2D eigenvalue weighted by Gasteiger charge is -2.06. The minimum absolute atomic E-state index is 0.231. The van der Waals surface area contributed by atoms with E-state index in [-0.39, 0.29) is 5.56 Å². The summed E-state index contributed by atoms with van der Waals surface area (Å²) in [7, 11) is 1.68. The number of nitrogens with one attached hydrogen (secondary N) is 1. The summed E-state index contributed by atoms with van der Waals surface area (Å²) >= 11 is 0. The van der Waals surface area contributed by atoms with E-state index < -0.39 is 11.7 Å². The Morgan fingerprint density at radius 2 is 2.31 bits per heavy atom. The van der Waals surface area contributed by atoms with Gasteiger partial charge >= 0.3 is 0 Å². The second-order valence-corrected chi connectivity index (χ2v) is 2.66. The van der Waals surface area contributed by atoms with Crippen molar-refractivity contribution in [2.45, 2.75) is 6.54 Å². The number of primary amides is 1. The molecule has 1 aromatic rings. The van der Waals surface area contributed by atoms with Crippen molar-refractivity contribution in [3.8, 4) is 0 Å². The van der Waals surface area contributed by atoms with E-state index in [1.54, 1.807) is 7.05 Å². The second-order valence-electron chi connectivity index (χ2n) is 2.66. The fourth-order valence-corrected chi connectivity index (χ4v) is 1.15. The van der Waals surface area contributed by atoms with E-state index in [9.17, 15) is 9.18 Å². The summed E-state index contributed by atoms with van der Waals surface area (Å²) in [5, 5.41) is 2.77. The third-order valence-electron chi connectivity index (χ3n) is 1.74. The first-order valence-corrected chi connectivity index (χ1v) is 3.88. The summed E-state index contributed by atoms with van der Waals surface area (Å²) in [6.45, 7) is 0.297. The molecule has 0 aromatic heterocycles. The fourth-order valence-electron chi connectivity index (χ4n) is 1.15. The Kier molecular flexibility index (Phi) is 2.97. The van der Waals surface area contributed by atoms with Gasteiger partial charge in [0.1, 0.15) is 5.82 Å². The molecular weight excluding hydrogens is 171 g/mol. The summed E-state index contributed by atoms with van der Waals surface area (Å²) < 4.78 is 13.1. The monoisotopic (exact) mass is 182 g/mol. The molecule has 1 amide bonds. The lowest BCUT2D eigenvalue weighted by molar-refractivity contribution is 0.0998. The van der Waals surface area contributed by atoms with Gasteiger partial charge in [0.05, 0.1) is 0 Å². The average Bonchev–Trinajstić information content (AvgIpc) is 2.08. The fraction of sp³-hybridized carbons (Fsp3) is 0.222. The first-order chi connectivity index (χ1) is 6.16. The highest BCUT2D eigenvalue weighted by Crippen LogP contribution is 2.12. The molecule has 0 aliphatic rings. The molecule has 1 aromatic carbocycles. The van der Waals surface area contributed by atoms with Crippen LogP contribution in [0.4, 0.5) is 4.39 Å². The van der Waals surface area contributed by atoms with Crippen molar-refractivity contribution in [3.05, 3.63) is 35.1 Å². The third-order valence-corrected chi connectivity index (χ3v) is 1.74. The van der Waals surface area contributed by atoms with Crippen LogP contribution in [0.25, 0.3) is 0 Å². The molecule has 3 nitrogen and oxygen atoms in total. The highest BCUT2D eigenvalue weighted by Gasteiger charge is 2.10. The van der Waals surface area contributed by atoms with Crippen LogP contribution in [0.3, 0.4) is 0 Å². The molecule has 0 atom stereocenters. The smallest absolute Gasteiger partial charge is 0.249 e. The van der Waals surface area contributed by atoms with Gasteiger partial charge in [-0.15, -0.1) is 0 Å². The van der Waals surface area contributed by atoms with E-state index in [2.05, 4.69) is 5.32 Å². The van der Waals surface area contributed by atoms with Gasteiger partial charge in [-0.2, -0.15) is 0 Å². The second kappa shape index (κ2) is 4.00. The van der Waals surface area contributed by atoms with Crippen LogP contribution < -0.4 is 11.1 Å². The molecule has 0 spiro atoms. The van der Waals surface area contributed by atoms with Crippen molar-refractivity contribution < 1.29 is 9.18 Å². The number of benzene rings is 1. The van der Waals surface area contributed by atoms with Crippen LogP contribution in [0.15, 0.2) is 18.2 Å². The standard InChI is InChI=1S/C9H11FN2O/c1-12-5-7-6(9(11)13)3-2-4-8(7)10/h2-4,12H,5H2,1H3,(H2,11,13). The van der Waals surface area contributed by atoms with Crippen LogP contribution in [-0.4, -0.2) is 13.0 Å². The van der Waals surface area contributed by atoms with Crippen LogP contribution >= 0.6 is 0 Å². The Labute approximate surface area is 75.7 Å². The van der Waals surface area contributed by atoms with Crippen LogP contribution in [0, 0.1) is 5.82 Å². The first-order valence-electron chi connectivity index (χ1n) is 3.88. The van der Waals surface area contributed by atoms with Crippen molar-refractivity contribution in [2.24, 2.45) is 5.73 Å². The van der Waals surface area contributed by atoms with Gasteiger partial charge < -0.3 is 11.1 Å². The average molecular weight is 182 g/mol. The number of carbonyl (C=O) groups excluding carboxylic acids is 1. The van der Waals surface area contributed by atoms with Gasteiger partial charge in [0.15, 0.2) is 0 Å². The van der Waals surface area contributed by atoms with Crippen molar-refractivity contribution in [2.75, 3.05) is 7.05 Å². The molecule has 0 saturated heterocycles. The van der Waals surface area contributed by atoms with Crippen LogP contribution in [-0.2, 0) is 6.54 Å². The molecule has 0 radical (unpaired) electrons. The van der Waals surface area contributed by atoms with Gasteiger partial charge in [-0.1, -0.05) is 6.07 Å². The molecule has 4 heteroatoms. The van der Waals surface area contributed by atoms with Crippen molar-refractivity contribution >= 4 is 5.91 Å². The van der Waals surface area contributed by atoms with Gasteiger partial charge in [0.25, 0.3) is 0 Å². The zero-order valence-corrected chi connectivity index (χ0v) is 7.30. The molecule has 0 heterocycles. The molecule has 0 unspecified atom stereocenters. The predicted molar refractivity (Wildman–Crippen MR) is 47.7 cm³/mol. The van der Waals surface area contributed by atoms with Crippen molar-refractivity contribution in [3.63, 3.8) is 0 Å². The Morgan fingerprint density at radius 3 is 2.85 bits per heavy atom. The number of hydrogen-bond acceptors (Lipinski definition) is 2. The van der Waals surface area contributed by atoms with Gasteiger partial charge in [0.2, 0.25) is 5.91 Å². The number of carbonyl (C=O) groups is 1. The molecule has 0 fully saturated rings. The molecule has 0 aliphatic carbocycles. The van der Waals surface area contributed by atoms with Gasteiger partial charge in [-0.05, 0) is 19.2 Å². The first kappa shape index (κ1) is 9.67. The van der Waals surface area contributed by atoms with E-state index in [1.165, 1.54) is 18.2 Å². The molecule has 0 aliphatic heterocycles. The summed E-state index contributed by atoms with van der Waals surface area (Å²) in [5.41, 5.74) is 5.63. The van der Waals surface area contributed by atoms with E-state index in [1.807, 2.05) is 0 Å². The number of hydrogen-bond donors (Lipinski definition) is 2. The molecule has 13 heavy (non-hydrogen) atoms. The van der Waals surface area contributed by atoms with E-state index in [0.717, 1.165) is 0 Å². The number of nitrogens with two attached hydrogens (primary N) is 1. The van der Waals surface area contributed by atoms with Crippen molar-refractivity contribution in [1.82, 2.24) is 5.32 Å². The summed E-state index contributed by atoms with van der Waals surface area (Å²) in [6.07, 6.45) is 0. The number of halogens is 1. The van der Waals surface area contributed by atoms with Gasteiger partial charge in [-0.25, -0.2) is 4.39 Å². The largest absolute Gasteiger partial charge is 0.366 e. The Hall–Kier alpha value is -1.42. The van der Waals surface area contributed by atoms with Gasteiger partial charge in [-0.3, -0.25) is 4.79 Å². The van der Waals surface area contributed by atoms with E-state index >= 15 is 0 Å². The maximum absolute atomic E-state index is 13.1. The lowest BCUT2D eigenvalue weighted by Crippen LogP contribution is -2.18. The minimum Gasteiger partial charge on any atom is -0.366 e. The van der Waals surface area contributed by atoms with Crippen molar-refractivity contribution in [1.29, 1.82) is 0 Å². The predicted octanol–water partition coefficient (Wildman–Crippen LogP) is 0.644. The number of amides is 1. The molecule has 0 bridgehead atoms. The van der Waals surface area contributed by atoms with Crippen LogP contribution in [0.5, 0.6) is 0 Å². The Bertz CT molecular complexity index is 325. The third kappa shape index (κ3) is 2.03. The zero-order valence-electron chi connectivity index (χ0n) is 7.30. The molecule has 3 N–H and O–H groups in total. The highest BCUT2D eigenvalue weighted by molar-refractivity contribution is 5.94. The Balaban J connectivity index is 3.17. The molecule has 0 saturated carbocycles. The van der Waals surface area contributed by atoms with Gasteiger partial charge in [0, 0.05) is 17.7 Å². The normalized spacial score (nSPS) is 10.0. The lowest BCUT2D eigenvalue weighted by atomic mass is 10.1. The van der Waals surface area contributed by atoms with Crippen LogP contribution in [0.2, 0.25) is 0 Å². The molecular formula is C9H11FN2O. The number of rotatable bonds is 3. The summed E-state index contributed by atoms with van der Waals surface area (Å²) in [6, 6.07) is 4.28. The molecule has 70 valence electrons. The SMILES string of the molecule is CNCc1c(F)cccc1C(N)=O. The highest BCUT2D eigenvalue weighted by atomic mass is 19.1. The van der Waals surface area contributed by atoms with E-state index in [4.69, 9.17) is 5.73 Å². The van der Waals surface area contributed by atoms with Crippen LogP contribution in [0.1, 0.15) is 15.9 Å². The van der Waals surface area contributed by atoms with E-state index in [0.29, 0.717) is 12.1 Å². The maximum atomic E-state index is 13.1. The maximum Gasteiger partial charge on any atom is 0.249 e. The zero-order chi connectivity index (χ0) is 9.84. The Morgan fingerprint density at radius 1 is 1.62 bits per heavy atom. The summed E-state index contributed by atoms with van der Waals surface area (Å²) in [4.78, 5) is 10.9. The molecule has 1 rings (SSSR count). The topological polar surface area (TPSA) is 55.1 Å². The summed E-state index contributed by atoms with van der Waals surface area (Å²) in [5.74, 6) is -1.02. The minimum atomic E-state index is -0.607.